The molecule has 1 nitrogen and oxygen atoms in total. The van der Waals surface area contributed by atoms with Crippen molar-refractivity contribution < 1.29 is 5.11 Å². The summed E-state index contributed by atoms with van der Waals surface area (Å²) in [6.45, 7) is 12.8. The van der Waals surface area contributed by atoms with Gasteiger partial charge in [-0.2, -0.15) is 0 Å². The van der Waals surface area contributed by atoms with Crippen LogP contribution in [0.5, 0.6) is 0 Å². The van der Waals surface area contributed by atoms with Crippen LogP contribution in [0.4, 0.5) is 0 Å². The van der Waals surface area contributed by atoms with Gasteiger partial charge in [0.15, 0.2) is 0 Å². The summed E-state index contributed by atoms with van der Waals surface area (Å²) in [4.78, 5) is 0. The van der Waals surface area contributed by atoms with Gasteiger partial charge in [-0.1, -0.05) is 32.9 Å². The Morgan fingerprint density at radius 2 is 2.00 bits per heavy atom. The summed E-state index contributed by atoms with van der Waals surface area (Å²) in [7, 11) is 0. The van der Waals surface area contributed by atoms with Crippen molar-refractivity contribution in [2.24, 2.45) is 11.3 Å². The third kappa shape index (κ3) is 3.91. The largest absolute Gasteiger partial charge is 0.396 e. The molecule has 0 aromatic heterocycles. The number of aliphatic hydroxyl groups excluding tert-OH is 1. The second kappa shape index (κ2) is 4.66. The van der Waals surface area contributed by atoms with E-state index in [1.165, 1.54) is 5.57 Å². The first-order valence-electron chi connectivity index (χ1n) is 4.67. The molecule has 0 bridgehead atoms. The predicted molar refractivity (Wildman–Crippen MR) is 54.1 cm³/mol. The summed E-state index contributed by atoms with van der Waals surface area (Å²) in [5.41, 5.74) is 1.45. The van der Waals surface area contributed by atoms with E-state index in [2.05, 4.69) is 34.3 Å². The molecule has 0 amide bonds. The summed E-state index contributed by atoms with van der Waals surface area (Å²) in [6.07, 6.45) is 2.19. The fraction of sp³-hybridized carbons (Fsp3) is 0.818. The molecule has 0 aliphatic heterocycles. The first-order valence-corrected chi connectivity index (χ1v) is 4.67. The molecule has 12 heavy (non-hydrogen) atoms. The van der Waals surface area contributed by atoms with Crippen LogP contribution in [0.15, 0.2) is 12.2 Å². The molecule has 0 heterocycles. The van der Waals surface area contributed by atoms with E-state index in [4.69, 9.17) is 5.11 Å². The van der Waals surface area contributed by atoms with Crippen molar-refractivity contribution in [3.8, 4) is 0 Å². The number of hydrogen-bond acceptors (Lipinski definition) is 1. The van der Waals surface area contributed by atoms with Gasteiger partial charge in [-0.25, -0.2) is 0 Å². The zero-order chi connectivity index (χ0) is 9.78. The van der Waals surface area contributed by atoms with Gasteiger partial charge in [0.1, 0.15) is 0 Å². The topological polar surface area (TPSA) is 20.2 Å². The number of allylic oxidation sites excluding steroid dienone is 1. The van der Waals surface area contributed by atoms with Gasteiger partial charge in [0.05, 0.1) is 0 Å². The highest BCUT2D eigenvalue weighted by Crippen LogP contribution is 2.31. The molecule has 1 atom stereocenters. The van der Waals surface area contributed by atoms with E-state index in [9.17, 15) is 0 Å². The van der Waals surface area contributed by atoms with Crippen LogP contribution in [0, 0.1) is 11.3 Å². The molecule has 0 fully saturated rings. The van der Waals surface area contributed by atoms with Crippen molar-refractivity contribution in [1.29, 1.82) is 0 Å². The van der Waals surface area contributed by atoms with Crippen LogP contribution in [0.25, 0.3) is 0 Å². The van der Waals surface area contributed by atoms with Crippen molar-refractivity contribution >= 4 is 0 Å². The molecule has 1 heteroatoms. The van der Waals surface area contributed by atoms with E-state index < -0.39 is 0 Å². The minimum absolute atomic E-state index is 0.226. The number of hydrogen-bond donors (Lipinski definition) is 1. The lowest BCUT2D eigenvalue weighted by molar-refractivity contribution is 0.215. The molecular weight excluding hydrogens is 148 g/mol. The highest BCUT2D eigenvalue weighted by molar-refractivity contribution is 5.02. The fourth-order valence-electron chi connectivity index (χ4n) is 0.912. The Morgan fingerprint density at radius 3 is 2.33 bits per heavy atom. The summed E-state index contributed by atoms with van der Waals surface area (Å²) in [6, 6.07) is 0. The second-order valence-electron chi connectivity index (χ2n) is 4.49. The summed E-state index contributed by atoms with van der Waals surface area (Å²) in [5, 5.41) is 8.85. The maximum atomic E-state index is 8.85. The monoisotopic (exact) mass is 170 g/mol. The molecule has 0 saturated carbocycles. The van der Waals surface area contributed by atoms with Gasteiger partial charge >= 0.3 is 0 Å². The lowest BCUT2D eigenvalue weighted by atomic mass is 9.80. The van der Waals surface area contributed by atoms with Crippen molar-refractivity contribution in [3.63, 3.8) is 0 Å². The highest BCUT2D eigenvalue weighted by atomic mass is 16.3. The van der Waals surface area contributed by atoms with Crippen LogP contribution >= 0.6 is 0 Å². The average molecular weight is 170 g/mol. The Labute approximate surface area is 76.5 Å². The van der Waals surface area contributed by atoms with Gasteiger partial charge in [-0.15, -0.1) is 0 Å². The smallest absolute Gasteiger partial charge is 0.0456 e. The molecule has 0 rings (SSSR count). The normalized spacial score (nSPS) is 14.4. The zero-order valence-electron chi connectivity index (χ0n) is 8.85. The zero-order valence-corrected chi connectivity index (χ0v) is 8.85. The van der Waals surface area contributed by atoms with E-state index in [0.717, 1.165) is 12.8 Å². The van der Waals surface area contributed by atoms with Crippen LogP contribution in [-0.4, -0.2) is 11.7 Å². The quantitative estimate of drug-likeness (QED) is 0.629. The van der Waals surface area contributed by atoms with E-state index in [1.807, 2.05) is 0 Å². The van der Waals surface area contributed by atoms with Gasteiger partial charge in [0, 0.05) is 6.61 Å². The molecule has 0 spiro atoms. The van der Waals surface area contributed by atoms with Crippen LogP contribution in [0.2, 0.25) is 0 Å². The standard InChI is InChI=1S/C11H22O/c1-9(2)11(4,5)7-6-10(3)8-12/h10,12H,1,6-8H2,2-5H3. The number of aliphatic hydroxyl groups is 1. The van der Waals surface area contributed by atoms with Gasteiger partial charge in [0.2, 0.25) is 0 Å². The molecule has 0 aliphatic carbocycles. The van der Waals surface area contributed by atoms with E-state index >= 15 is 0 Å². The van der Waals surface area contributed by atoms with Gasteiger partial charge < -0.3 is 5.11 Å². The Hall–Kier alpha value is -0.300. The lowest BCUT2D eigenvalue weighted by Crippen LogP contribution is -2.14. The molecule has 0 aromatic rings. The molecule has 0 saturated heterocycles. The fourth-order valence-corrected chi connectivity index (χ4v) is 0.912. The third-order valence-corrected chi connectivity index (χ3v) is 2.73. The van der Waals surface area contributed by atoms with Gasteiger partial charge in [-0.3, -0.25) is 0 Å². The van der Waals surface area contributed by atoms with Crippen molar-refractivity contribution in [1.82, 2.24) is 0 Å². The lowest BCUT2D eigenvalue weighted by Gasteiger charge is -2.26. The van der Waals surface area contributed by atoms with Crippen molar-refractivity contribution in [3.05, 3.63) is 12.2 Å². The van der Waals surface area contributed by atoms with Gasteiger partial charge in [-0.05, 0) is 31.1 Å². The molecule has 0 aromatic carbocycles. The van der Waals surface area contributed by atoms with Crippen LogP contribution < -0.4 is 0 Å². The molecule has 72 valence electrons. The van der Waals surface area contributed by atoms with E-state index in [0.29, 0.717) is 12.5 Å². The van der Waals surface area contributed by atoms with E-state index in [1.54, 1.807) is 0 Å². The first kappa shape index (κ1) is 11.7. The molecule has 0 radical (unpaired) electrons. The second-order valence-corrected chi connectivity index (χ2v) is 4.49. The molecular formula is C11H22O. The van der Waals surface area contributed by atoms with Crippen LogP contribution in [-0.2, 0) is 0 Å². The SMILES string of the molecule is C=C(C)C(C)(C)CCC(C)CO. The molecule has 0 aliphatic rings. The Kier molecular flexibility index (Phi) is 4.54. The van der Waals surface area contributed by atoms with Crippen molar-refractivity contribution in [2.45, 2.75) is 40.5 Å². The summed E-state index contributed by atoms with van der Waals surface area (Å²) in [5.74, 6) is 0.420. The minimum Gasteiger partial charge on any atom is -0.396 e. The summed E-state index contributed by atoms with van der Waals surface area (Å²) >= 11 is 0. The predicted octanol–water partition coefficient (Wildman–Crippen LogP) is 3.00. The maximum Gasteiger partial charge on any atom is 0.0456 e. The minimum atomic E-state index is 0.226. The van der Waals surface area contributed by atoms with Crippen LogP contribution in [0.3, 0.4) is 0 Å². The van der Waals surface area contributed by atoms with Crippen LogP contribution in [0.1, 0.15) is 40.5 Å². The molecule has 1 N–H and O–H groups in total. The Bertz CT molecular complexity index is 147. The van der Waals surface area contributed by atoms with Crippen molar-refractivity contribution in [2.75, 3.05) is 6.61 Å². The first-order chi connectivity index (χ1) is 5.40. The summed E-state index contributed by atoms with van der Waals surface area (Å²) < 4.78 is 0. The highest BCUT2D eigenvalue weighted by Gasteiger charge is 2.18. The maximum absolute atomic E-state index is 8.85. The van der Waals surface area contributed by atoms with E-state index in [-0.39, 0.29) is 5.41 Å². The Morgan fingerprint density at radius 1 is 1.50 bits per heavy atom. The number of rotatable bonds is 5. The average Bonchev–Trinajstić information content (AvgIpc) is 2.00. The van der Waals surface area contributed by atoms with Gasteiger partial charge in [0.25, 0.3) is 0 Å². The molecule has 1 unspecified atom stereocenters. The Balaban J connectivity index is 3.83. The third-order valence-electron chi connectivity index (χ3n) is 2.73.